The van der Waals surface area contributed by atoms with Crippen molar-refractivity contribution in [3.05, 3.63) is 47.5 Å². The van der Waals surface area contributed by atoms with Crippen LogP contribution in [0.1, 0.15) is 18.1 Å². The molecule has 156 valence electrons. The maximum absolute atomic E-state index is 11.2. The molecular weight excluding hydrogens is 372 g/mol. The van der Waals surface area contributed by atoms with Crippen molar-refractivity contribution in [3.63, 3.8) is 0 Å². The summed E-state index contributed by atoms with van der Waals surface area (Å²) in [6, 6.07) is 11.4. The van der Waals surface area contributed by atoms with E-state index in [2.05, 4.69) is 20.9 Å². The maximum atomic E-state index is 11.2. The van der Waals surface area contributed by atoms with Crippen molar-refractivity contribution in [2.24, 2.45) is 4.99 Å². The van der Waals surface area contributed by atoms with Gasteiger partial charge >= 0.3 is 0 Å². The molecule has 1 amide bonds. The second-order valence-corrected chi connectivity index (χ2v) is 6.19. The highest BCUT2D eigenvalue weighted by atomic mass is 16.5. The Kier molecular flexibility index (Phi) is 8.14. The number of anilines is 1. The monoisotopic (exact) mass is 400 g/mol. The van der Waals surface area contributed by atoms with E-state index in [-0.39, 0.29) is 5.91 Å². The van der Waals surface area contributed by atoms with Crippen LogP contribution in [0.4, 0.5) is 5.69 Å². The van der Waals surface area contributed by atoms with E-state index < -0.39 is 0 Å². The van der Waals surface area contributed by atoms with E-state index in [1.54, 1.807) is 28.4 Å². The smallest absolute Gasteiger partial charge is 0.221 e. The lowest BCUT2D eigenvalue weighted by molar-refractivity contribution is -0.114. The van der Waals surface area contributed by atoms with Gasteiger partial charge in [0, 0.05) is 32.7 Å². The molecule has 8 nitrogen and oxygen atoms in total. The van der Waals surface area contributed by atoms with Gasteiger partial charge in [0.1, 0.15) is 0 Å². The Balaban J connectivity index is 2.00. The number of nitrogens with one attached hydrogen (secondary N) is 3. The summed E-state index contributed by atoms with van der Waals surface area (Å²) in [5.41, 5.74) is 2.74. The molecule has 0 fully saturated rings. The summed E-state index contributed by atoms with van der Waals surface area (Å²) >= 11 is 0. The number of carbonyl (C=O) groups excluding carboxylic acids is 1. The van der Waals surface area contributed by atoms with Crippen molar-refractivity contribution in [2.45, 2.75) is 20.0 Å². The number of hydrogen-bond donors (Lipinski definition) is 3. The molecule has 2 aromatic rings. The number of nitrogens with zero attached hydrogens (tertiary/aromatic N) is 1. The van der Waals surface area contributed by atoms with E-state index in [0.29, 0.717) is 36.3 Å². The Morgan fingerprint density at radius 3 is 2.07 bits per heavy atom. The molecule has 0 bridgehead atoms. The van der Waals surface area contributed by atoms with Crippen molar-refractivity contribution in [1.82, 2.24) is 10.6 Å². The molecule has 0 heterocycles. The zero-order valence-corrected chi connectivity index (χ0v) is 17.5. The second kappa shape index (κ2) is 10.8. The van der Waals surface area contributed by atoms with Crippen LogP contribution in [0.15, 0.2) is 41.4 Å². The lowest BCUT2D eigenvalue weighted by atomic mass is 10.1. The molecule has 3 N–H and O–H groups in total. The number of carbonyl (C=O) groups is 1. The van der Waals surface area contributed by atoms with Crippen LogP contribution in [0.5, 0.6) is 17.2 Å². The van der Waals surface area contributed by atoms with E-state index in [1.807, 2.05) is 36.4 Å². The van der Waals surface area contributed by atoms with Crippen molar-refractivity contribution >= 4 is 17.6 Å². The third-order valence-electron chi connectivity index (χ3n) is 4.12. The van der Waals surface area contributed by atoms with Crippen LogP contribution < -0.4 is 30.2 Å². The van der Waals surface area contributed by atoms with E-state index in [1.165, 1.54) is 6.92 Å². The Morgan fingerprint density at radius 1 is 0.931 bits per heavy atom. The summed E-state index contributed by atoms with van der Waals surface area (Å²) < 4.78 is 16.1. The number of methoxy groups -OCH3 is 3. The summed E-state index contributed by atoms with van der Waals surface area (Å²) in [4.78, 5) is 15.5. The van der Waals surface area contributed by atoms with Gasteiger partial charge in [0.2, 0.25) is 11.7 Å². The Labute approximate surface area is 171 Å². The molecule has 0 atom stereocenters. The van der Waals surface area contributed by atoms with E-state index >= 15 is 0 Å². The van der Waals surface area contributed by atoms with Crippen molar-refractivity contribution in [3.8, 4) is 17.2 Å². The first-order chi connectivity index (χ1) is 14.0. The van der Waals surface area contributed by atoms with E-state index in [9.17, 15) is 4.79 Å². The van der Waals surface area contributed by atoms with Gasteiger partial charge in [-0.1, -0.05) is 12.1 Å². The number of amides is 1. The molecule has 29 heavy (non-hydrogen) atoms. The highest BCUT2D eigenvalue weighted by Gasteiger charge is 2.13. The largest absolute Gasteiger partial charge is 0.493 e. The predicted molar refractivity (Wildman–Crippen MR) is 114 cm³/mol. The van der Waals surface area contributed by atoms with E-state index in [0.717, 1.165) is 16.8 Å². The molecular formula is C21H28N4O4. The lowest BCUT2D eigenvalue weighted by Crippen LogP contribution is -2.36. The summed E-state index contributed by atoms with van der Waals surface area (Å²) in [5.74, 6) is 2.30. The predicted octanol–water partition coefficient (Wildman–Crippen LogP) is 2.54. The number of guanidine groups is 1. The number of ether oxygens (including phenoxy) is 3. The molecule has 2 aromatic carbocycles. The van der Waals surface area contributed by atoms with Crippen LogP contribution >= 0.6 is 0 Å². The van der Waals surface area contributed by atoms with Crippen molar-refractivity contribution in [1.29, 1.82) is 0 Å². The average molecular weight is 400 g/mol. The number of hydrogen-bond acceptors (Lipinski definition) is 5. The van der Waals surface area contributed by atoms with Gasteiger partial charge in [-0.3, -0.25) is 9.79 Å². The van der Waals surface area contributed by atoms with Gasteiger partial charge in [-0.2, -0.15) is 0 Å². The molecule has 0 saturated carbocycles. The van der Waals surface area contributed by atoms with Gasteiger partial charge in [0.05, 0.1) is 21.3 Å². The zero-order valence-electron chi connectivity index (χ0n) is 17.5. The molecule has 0 aliphatic carbocycles. The normalized spacial score (nSPS) is 10.9. The molecule has 0 radical (unpaired) electrons. The Hall–Kier alpha value is -3.42. The summed E-state index contributed by atoms with van der Waals surface area (Å²) in [6.45, 7) is 2.56. The van der Waals surface area contributed by atoms with Crippen LogP contribution in [-0.2, 0) is 17.9 Å². The SMILES string of the molecule is CN=C(NCc1cccc(NC(C)=O)c1)NCc1cc(OC)c(OC)c(OC)c1. The number of rotatable bonds is 8. The van der Waals surface area contributed by atoms with Crippen LogP contribution in [0.3, 0.4) is 0 Å². The highest BCUT2D eigenvalue weighted by Crippen LogP contribution is 2.38. The van der Waals surface area contributed by atoms with Gasteiger partial charge in [-0.25, -0.2) is 0 Å². The minimum absolute atomic E-state index is 0.0991. The molecule has 0 unspecified atom stereocenters. The maximum Gasteiger partial charge on any atom is 0.221 e. The summed E-state index contributed by atoms with van der Waals surface area (Å²) in [7, 11) is 6.46. The average Bonchev–Trinajstić information content (AvgIpc) is 2.72. The molecule has 0 aliphatic rings. The van der Waals surface area contributed by atoms with Crippen LogP contribution in [-0.4, -0.2) is 40.2 Å². The first kappa shape index (κ1) is 21.9. The minimum atomic E-state index is -0.0991. The molecule has 0 aliphatic heterocycles. The zero-order chi connectivity index (χ0) is 21.2. The van der Waals surface area contributed by atoms with Gasteiger partial charge < -0.3 is 30.2 Å². The summed E-state index contributed by atoms with van der Waals surface area (Å²) in [6.07, 6.45) is 0. The third kappa shape index (κ3) is 6.31. The van der Waals surface area contributed by atoms with Gasteiger partial charge in [-0.05, 0) is 35.4 Å². The van der Waals surface area contributed by atoms with Crippen LogP contribution in [0.25, 0.3) is 0 Å². The summed E-state index contributed by atoms with van der Waals surface area (Å²) in [5, 5.41) is 9.29. The fraction of sp³-hybridized carbons (Fsp3) is 0.333. The quantitative estimate of drug-likeness (QED) is 0.466. The highest BCUT2D eigenvalue weighted by molar-refractivity contribution is 5.88. The molecule has 0 aromatic heterocycles. The van der Waals surface area contributed by atoms with Gasteiger partial charge in [-0.15, -0.1) is 0 Å². The number of aliphatic imine (C=N–C) groups is 1. The van der Waals surface area contributed by atoms with Crippen molar-refractivity contribution in [2.75, 3.05) is 33.7 Å². The topological polar surface area (TPSA) is 93.2 Å². The number of benzene rings is 2. The van der Waals surface area contributed by atoms with E-state index in [4.69, 9.17) is 14.2 Å². The molecule has 2 rings (SSSR count). The molecule has 0 spiro atoms. The van der Waals surface area contributed by atoms with Crippen LogP contribution in [0, 0.1) is 0 Å². The minimum Gasteiger partial charge on any atom is -0.493 e. The fourth-order valence-electron chi connectivity index (χ4n) is 2.79. The van der Waals surface area contributed by atoms with Gasteiger partial charge in [0.25, 0.3) is 0 Å². The molecule has 0 saturated heterocycles. The fourth-order valence-corrected chi connectivity index (χ4v) is 2.79. The lowest BCUT2D eigenvalue weighted by Gasteiger charge is -2.16. The Morgan fingerprint density at radius 2 is 1.55 bits per heavy atom. The third-order valence-corrected chi connectivity index (χ3v) is 4.12. The van der Waals surface area contributed by atoms with Crippen LogP contribution in [0.2, 0.25) is 0 Å². The standard InChI is InChI=1S/C21H28N4O4/c1-14(26)25-17-8-6-7-15(9-17)12-23-21(22-2)24-13-16-10-18(27-3)20(29-5)19(11-16)28-4/h6-11H,12-13H2,1-5H3,(H,25,26)(H2,22,23,24). The first-order valence-corrected chi connectivity index (χ1v) is 9.10. The van der Waals surface area contributed by atoms with Gasteiger partial charge in [0.15, 0.2) is 17.5 Å². The first-order valence-electron chi connectivity index (χ1n) is 9.10. The van der Waals surface area contributed by atoms with Crippen molar-refractivity contribution < 1.29 is 19.0 Å². The Bertz CT molecular complexity index is 843. The second-order valence-electron chi connectivity index (χ2n) is 6.19. The molecule has 8 heteroatoms.